The molecular weight excluding hydrogens is 266 g/mol. The summed E-state index contributed by atoms with van der Waals surface area (Å²) in [5, 5.41) is 11.0. The Kier molecular flexibility index (Phi) is 3.84. The van der Waals surface area contributed by atoms with Crippen molar-refractivity contribution in [2.75, 3.05) is 20.2 Å². The van der Waals surface area contributed by atoms with Gasteiger partial charge in [0.05, 0.1) is 13.2 Å². The van der Waals surface area contributed by atoms with E-state index in [1.54, 1.807) is 7.11 Å². The molecule has 4 heteroatoms. The summed E-state index contributed by atoms with van der Waals surface area (Å²) in [4.78, 5) is 2.39. The molecule has 0 bridgehead atoms. The van der Waals surface area contributed by atoms with Crippen LogP contribution in [0.5, 0.6) is 11.5 Å². The molecule has 1 aromatic rings. The molecule has 2 unspecified atom stereocenters. The van der Waals surface area contributed by atoms with Gasteiger partial charge < -0.3 is 14.6 Å². The summed E-state index contributed by atoms with van der Waals surface area (Å²) in [6.07, 6.45) is 3.14. The van der Waals surface area contributed by atoms with E-state index in [0.717, 1.165) is 30.2 Å². The maximum Gasteiger partial charge on any atom is 0.126 e. The van der Waals surface area contributed by atoms with E-state index >= 15 is 0 Å². The zero-order valence-electron chi connectivity index (χ0n) is 13.1. The number of hydrogen-bond donors (Lipinski definition) is 1. The third kappa shape index (κ3) is 2.62. The van der Waals surface area contributed by atoms with Crippen molar-refractivity contribution < 1.29 is 14.6 Å². The predicted octanol–water partition coefficient (Wildman–Crippen LogP) is 2.75. The molecule has 3 rings (SSSR count). The number of hydrogen-bond acceptors (Lipinski definition) is 4. The summed E-state index contributed by atoms with van der Waals surface area (Å²) in [7, 11) is 1.64. The Morgan fingerprint density at radius 3 is 2.62 bits per heavy atom. The minimum absolute atomic E-state index is 0.0163. The van der Waals surface area contributed by atoms with E-state index in [1.807, 2.05) is 18.2 Å². The summed E-state index contributed by atoms with van der Waals surface area (Å²) in [6.45, 7) is 6.22. The molecule has 2 atom stereocenters. The van der Waals surface area contributed by atoms with Crippen molar-refractivity contribution in [1.82, 2.24) is 4.90 Å². The van der Waals surface area contributed by atoms with Crippen LogP contribution in [0.25, 0.3) is 0 Å². The molecule has 0 radical (unpaired) electrons. The Morgan fingerprint density at radius 1 is 1.24 bits per heavy atom. The van der Waals surface area contributed by atoms with E-state index < -0.39 is 11.7 Å². The SMILES string of the molecule is COc1ccc2c(c1)C(O)C(N1CCCCC1)C(C)(C)O2. The quantitative estimate of drug-likeness (QED) is 0.910. The minimum Gasteiger partial charge on any atom is -0.497 e. The molecule has 21 heavy (non-hydrogen) atoms. The van der Waals surface area contributed by atoms with Gasteiger partial charge in [0.2, 0.25) is 0 Å². The molecule has 1 aromatic carbocycles. The fraction of sp³-hybridized carbons (Fsp3) is 0.647. The first-order valence-electron chi connectivity index (χ1n) is 7.82. The largest absolute Gasteiger partial charge is 0.497 e. The van der Waals surface area contributed by atoms with Crippen LogP contribution in [0, 0.1) is 0 Å². The minimum atomic E-state index is -0.544. The molecule has 0 aromatic heterocycles. The normalized spacial score (nSPS) is 28.6. The van der Waals surface area contributed by atoms with Crippen molar-refractivity contribution in [3.05, 3.63) is 23.8 Å². The van der Waals surface area contributed by atoms with Gasteiger partial charge in [-0.1, -0.05) is 6.42 Å². The first-order valence-corrected chi connectivity index (χ1v) is 7.82. The number of piperidine rings is 1. The second-order valence-corrected chi connectivity index (χ2v) is 6.60. The standard InChI is InChI=1S/C17H25NO3/c1-17(2)16(18-9-5-4-6-10-18)15(19)13-11-12(20-3)7-8-14(13)21-17/h7-8,11,15-16,19H,4-6,9-10H2,1-3H3. The van der Waals surface area contributed by atoms with E-state index in [4.69, 9.17) is 9.47 Å². The average Bonchev–Trinajstić information content (AvgIpc) is 2.47. The summed E-state index contributed by atoms with van der Waals surface area (Å²) < 4.78 is 11.5. The lowest BCUT2D eigenvalue weighted by Gasteiger charge is -2.49. The van der Waals surface area contributed by atoms with E-state index in [1.165, 1.54) is 19.3 Å². The van der Waals surface area contributed by atoms with Crippen LogP contribution in [0.15, 0.2) is 18.2 Å². The van der Waals surface area contributed by atoms with Gasteiger partial charge in [-0.3, -0.25) is 4.90 Å². The van der Waals surface area contributed by atoms with Crippen LogP contribution in [0.3, 0.4) is 0 Å². The second-order valence-electron chi connectivity index (χ2n) is 6.60. The van der Waals surface area contributed by atoms with Crippen LogP contribution in [0.2, 0.25) is 0 Å². The van der Waals surface area contributed by atoms with Crippen molar-refractivity contribution in [2.24, 2.45) is 0 Å². The first kappa shape index (κ1) is 14.7. The molecule has 0 aliphatic carbocycles. The fourth-order valence-electron chi connectivity index (χ4n) is 3.71. The zero-order valence-corrected chi connectivity index (χ0v) is 13.1. The van der Waals surface area contributed by atoms with Crippen molar-refractivity contribution in [2.45, 2.75) is 50.9 Å². The second kappa shape index (κ2) is 5.50. The lowest BCUT2D eigenvalue weighted by atomic mass is 9.84. The number of fused-ring (bicyclic) bond motifs is 1. The van der Waals surface area contributed by atoms with Gasteiger partial charge in [0.25, 0.3) is 0 Å². The zero-order chi connectivity index (χ0) is 15.0. The van der Waals surface area contributed by atoms with Gasteiger partial charge in [0.1, 0.15) is 23.2 Å². The molecule has 1 fully saturated rings. The molecule has 2 heterocycles. The van der Waals surface area contributed by atoms with Crippen LogP contribution in [-0.2, 0) is 0 Å². The van der Waals surface area contributed by atoms with Gasteiger partial charge in [0, 0.05) is 5.56 Å². The number of likely N-dealkylation sites (tertiary alicyclic amines) is 1. The highest BCUT2D eigenvalue weighted by molar-refractivity contribution is 5.44. The van der Waals surface area contributed by atoms with Gasteiger partial charge in [-0.25, -0.2) is 0 Å². The summed E-state index contributed by atoms with van der Waals surface area (Å²) in [5.41, 5.74) is 0.433. The van der Waals surface area contributed by atoms with Crippen LogP contribution in [0.1, 0.15) is 44.8 Å². The fourth-order valence-corrected chi connectivity index (χ4v) is 3.71. The van der Waals surface area contributed by atoms with Gasteiger partial charge in [-0.2, -0.15) is 0 Å². The number of rotatable bonds is 2. The smallest absolute Gasteiger partial charge is 0.126 e. The summed E-state index contributed by atoms with van der Waals surface area (Å²) >= 11 is 0. The number of methoxy groups -OCH3 is 1. The Balaban J connectivity index is 1.96. The molecule has 2 aliphatic rings. The lowest BCUT2D eigenvalue weighted by Crippen LogP contribution is -2.58. The van der Waals surface area contributed by atoms with Crippen LogP contribution < -0.4 is 9.47 Å². The summed E-state index contributed by atoms with van der Waals surface area (Å²) in [5.74, 6) is 1.52. The van der Waals surface area contributed by atoms with Gasteiger partial charge in [-0.15, -0.1) is 0 Å². The molecule has 0 amide bonds. The maximum absolute atomic E-state index is 11.0. The Labute approximate surface area is 126 Å². The van der Waals surface area contributed by atoms with Crippen LogP contribution in [-0.4, -0.2) is 41.8 Å². The molecule has 0 spiro atoms. The average molecular weight is 291 g/mol. The Bertz CT molecular complexity index is 509. The molecule has 1 N–H and O–H groups in total. The molecule has 1 saturated heterocycles. The molecular formula is C17H25NO3. The van der Waals surface area contributed by atoms with E-state index in [0.29, 0.717) is 0 Å². The van der Waals surface area contributed by atoms with Crippen molar-refractivity contribution in [3.8, 4) is 11.5 Å². The summed E-state index contributed by atoms with van der Waals surface area (Å²) in [6, 6.07) is 5.65. The Morgan fingerprint density at radius 2 is 1.95 bits per heavy atom. The number of aliphatic hydroxyl groups excluding tert-OH is 1. The number of ether oxygens (including phenoxy) is 2. The third-order valence-electron chi connectivity index (χ3n) is 4.70. The Hall–Kier alpha value is -1.26. The van der Waals surface area contributed by atoms with Crippen molar-refractivity contribution in [1.29, 1.82) is 0 Å². The van der Waals surface area contributed by atoms with Gasteiger partial charge in [0.15, 0.2) is 0 Å². The number of aliphatic hydroxyl groups is 1. The van der Waals surface area contributed by atoms with E-state index in [-0.39, 0.29) is 6.04 Å². The van der Waals surface area contributed by atoms with E-state index in [9.17, 15) is 5.11 Å². The monoisotopic (exact) mass is 291 g/mol. The van der Waals surface area contributed by atoms with Gasteiger partial charge in [-0.05, 0) is 58.0 Å². The predicted molar refractivity (Wildman–Crippen MR) is 81.9 cm³/mol. The molecule has 0 saturated carbocycles. The lowest BCUT2D eigenvalue weighted by molar-refractivity contribution is -0.0874. The first-order chi connectivity index (χ1) is 10.0. The molecule has 116 valence electrons. The topological polar surface area (TPSA) is 41.9 Å². The third-order valence-corrected chi connectivity index (χ3v) is 4.70. The van der Waals surface area contributed by atoms with Crippen molar-refractivity contribution in [3.63, 3.8) is 0 Å². The maximum atomic E-state index is 11.0. The molecule has 2 aliphatic heterocycles. The van der Waals surface area contributed by atoms with Gasteiger partial charge >= 0.3 is 0 Å². The van der Waals surface area contributed by atoms with Crippen LogP contribution in [0.4, 0.5) is 0 Å². The number of benzene rings is 1. The highest BCUT2D eigenvalue weighted by atomic mass is 16.5. The van der Waals surface area contributed by atoms with Crippen LogP contribution >= 0.6 is 0 Å². The van der Waals surface area contributed by atoms with E-state index in [2.05, 4.69) is 18.7 Å². The van der Waals surface area contributed by atoms with Crippen molar-refractivity contribution >= 4 is 0 Å². The highest BCUT2D eigenvalue weighted by Crippen LogP contribution is 2.43. The number of nitrogens with zero attached hydrogens (tertiary/aromatic N) is 1. The highest BCUT2D eigenvalue weighted by Gasteiger charge is 2.46. The molecule has 4 nitrogen and oxygen atoms in total.